The molecule has 0 spiro atoms. The molecule has 0 amide bonds. The third-order valence-corrected chi connectivity index (χ3v) is 4.72. The summed E-state index contributed by atoms with van der Waals surface area (Å²) in [6.45, 7) is 2.17. The Morgan fingerprint density at radius 3 is 2.22 bits per heavy atom. The monoisotopic (exact) mass is 527 g/mol. The van der Waals surface area contributed by atoms with Crippen LogP contribution in [0.4, 0.5) is 5.69 Å². The van der Waals surface area contributed by atoms with Crippen molar-refractivity contribution in [3.8, 4) is 0 Å². The molecule has 1 unspecified atom stereocenters. The predicted octanol–water partition coefficient (Wildman–Crippen LogP) is 5.83. The highest BCUT2D eigenvalue weighted by molar-refractivity contribution is 14.1. The molecular formula is C14H12BrI2N. The van der Waals surface area contributed by atoms with E-state index < -0.39 is 0 Å². The van der Waals surface area contributed by atoms with Crippen LogP contribution in [0.2, 0.25) is 0 Å². The van der Waals surface area contributed by atoms with Crippen LogP contribution in [0.3, 0.4) is 0 Å². The van der Waals surface area contributed by atoms with Crippen molar-refractivity contribution in [2.24, 2.45) is 0 Å². The molecule has 0 aromatic heterocycles. The Hall–Kier alpha value is 0.180. The van der Waals surface area contributed by atoms with Gasteiger partial charge in [0.25, 0.3) is 0 Å². The normalized spacial score (nSPS) is 12.2. The van der Waals surface area contributed by atoms with E-state index in [2.05, 4.69) is 116 Å². The highest BCUT2D eigenvalue weighted by Gasteiger charge is 2.07. The van der Waals surface area contributed by atoms with Crippen LogP contribution in [0.5, 0.6) is 0 Å². The number of benzene rings is 2. The summed E-state index contributed by atoms with van der Waals surface area (Å²) in [5, 5.41) is 3.52. The lowest BCUT2D eigenvalue weighted by Gasteiger charge is -2.17. The van der Waals surface area contributed by atoms with E-state index in [9.17, 15) is 0 Å². The Kier molecular flexibility index (Phi) is 5.32. The molecular weight excluding hydrogens is 516 g/mol. The molecule has 0 aliphatic rings. The first-order valence-corrected chi connectivity index (χ1v) is 8.48. The molecule has 1 nitrogen and oxygen atoms in total. The summed E-state index contributed by atoms with van der Waals surface area (Å²) < 4.78 is 3.60. The van der Waals surface area contributed by atoms with Crippen LogP contribution in [0.15, 0.2) is 46.9 Å². The van der Waals surface area contributed by atoms with Gasteiger partial charge in [-0.15, -0.1) is 0 Å². The van der Waals surface area contributed by atoms with Gasteiger partial charge in [-0.3, -0.25) is 0 Å². The van der Waals surface area contributed by atoms with E-state index in [1.807, 2.05) is 0 Å². The summed E-state index contributed by atoms with van der Waals surface area (Å²) in [6.07, 6.45) is 0. The highest BCUT2D eigenvalue weighted by Crippen LogP contribution is 2.28. The summed E-state index contributed by atoms with van der Waals surface area (Å²) in [5.74, 6) is 0. The molecule has 4 heteroatoms. The van der Waals surface area contributed by atoms with Crippen molar-refractivity contribution in [2.45, 2.75) is 13.0 Å². The van der Waals surface area contributed by atoms with Gasteiger partial charge in [0, 0.05) is 23.3 Å². The highest BCUT2D eigenvalue weighted by atomic mass is 127. The first kappa shape index (κ1) is 14.6. The molecule has 0 bridgehead atoms. The van der Waals surface area contributed by atoms with Gasteiger partial charge in [-0.05, 0) is 104 Å². The average Bonchev–Trinajstić information content (AvgIpc) is 2.33. The molecule has 0 fully saturated rings. The smallest absolute Gasteiger partial charge is 0.0490 e. The van der Waals surface area contributed by atoms with E-state index in [1.54, 1.807) is 0 Å². The van der Waals surface area contributed by atoms with E-state index in [1.165, 1.54) is 12.7 Å². The minimum atomic E-state index is 0.290. The molecule has 1 N–H and O–H groups in total. The molecule has 0 aliphatic heterocycles. The van der Waals surface area contributed by atoms with Gasteiger partial charge in [0.05, 0.1) is 0 Å². The quantitative estimate of drug-likeness (QED) is 0.495. The van der Waals surface area contributed by atoms with Crippen LogP contribution < -0.4 is 5.32 Å². The van der Waals surface area contributed by atoms with E-state index in [0.29, 0.717) is 6.04 Å². The van der Waals surface area contributed by atoms with Gasteiger partial charge < -0.3 is 5.32 Å². The Bertz CT molecular complexity index is 540. The fourth-order valence-electron chi connectivity index (χ4n) is 1.67. The van der Waals surface area contributed by atoms with Crippen LogP contribution in [-0.2, 0) is 0 Å². The SMILES string of the molecule is CC(Nc1ccc(I)cc1Br)c1ccc(I)cc1. The van der Waals surface area contributed by atoms with Crippen LogP contribution in [0.25, 0.3) is 0 Å². The van der Waals surface area contributed by atoms with E-state index in [-0.39, 0.29) is 0 Å². The number of hydrogen-bond donors (Lipinski definition) is 1. The molecule has 1 atom stereocenters. The Balaban J connectivity index is 2.15. The molecule has 0 heterocycles. The maximum atomic E-state index is 3.59. The van der Waals surface area contributed by atoms with Crippen molar-refractivity contribution in [3.05, 3.63) is 59.6 Å². The lowest BCUT2D eigenvalue weighted by Crippen LogP contribution is -2.07. The van der Waals surface area contributed by atoms with E-state index in [4.69, 9.17) is 0 Å². The largest absolute Gasteiger partial charge is 0.378 e. The number of hydrogen-bond acceptors (Lipinski definition) is 1. The number of halogens is 3. The molecule has 94 valence electrons. The summed E-state index contributed by atoms with van der Waals surface area (Å²) in [6, 6.07) is 15.2. The summed E-state index contributed by atoms with van der Waals surface area (Å²) in [7, 11) is 0. The lowest BCUT2D eigenvalue weighted by atomic mass is 10.1. The first-order valence-electron chi connectivity index (χ1n) is 5.53. The second-order valence-electron chi connectivity index (χ2n) is 4.04. The summed E-state index contributed by atoms with van der Waals surface area (Å²) in [5.41, 5.74) is 2.42. The molecule has 18 heavy (non-hydrogen) atoms. The minimum Gasteiger partial charge on any atom is -0.378 e. The van der Waals surface area contributed by atoms with Gasteiger partial charge >= 0.3 is 0 Å². The van der Waals surface area contributed by atoms with Gasteiger partial charge in [0.15, 0.2) is 0 Å². The minimum absolute atomic E-state index is 0.290. The molecule has 0 radical (unpaired) electrons. The zero-order chi connectivity index (χ0) is 13.1. The van der Waals surface area contributed by atoms with E-state index in [0.717, 1.165) is 10.2 Å². The predicted molar refractivity (Wildman–Crippen MR) is 98.1 cm³/mol. The number of anilines is 1. The van der Waals surface area contributed by atoms with Crippen molar-refractivity contribution < 1.29 is 0 Å². The van der Waals surface area contributed by atoms with Crippen molar-refractivity contribution in [1.29, 1.82) is 0 Å². The molecule has 0 saturated heterocycles. The first-order chi connectivity index (χ1) is 8.56. The fourth-order valence-corrected chi connectivity index (χ4v) is 3.45. The second-order valence-corrected chi connectivity index (χ2v) is 7.39. The number of nitrogens with one attached hydrogen (secondary N) is 1. The molecule has 2 aromatic carbocycles. The van der Waals surface area contributed by atoms with Gasteiger partial charge in [0.1, 0.15) is 0 Å². The Labute approximate surface area is 143 Å². The van der Waals surface area contributed by atoms with Gasteiger partial charge in [0.2, 0.25) is 0 Å². The maximum Gasteiger partial charge on any atom is 0.0490 e. The summed E-state index contributed by atoms with van der Waals surface area (Å²) >= 11 is 8.23. The van der Waals surface area contributed by atoms with Gasteiger partial charge in [-0.25, -0.2) is 0 Å². The summed E-state index contributed by atoms with van der Waals surface area (Å²) in [4.78, 5) is 0. The Morgan fingerprint density at radius 1 is 1.00 bits per heavy atom. The molecule has 0 aliphatic carbocycles. The molecule has 2 aromatic rings. The van der Waals surface area contributed by atoms with Gasteiger partial charge in [-0.1, -0.05) is 12.1 Å². The fraction of sp³-hybridized carbons (Fsp3) is 0.143. The zero-order valence-electron chi connectivity index (χ0n) is 9.75. The van der Waals surface area contributed by atoms with Crippen molar-refractivity contribution in [2.75, 3.05) is 5.32 Å². The zero-order valence-corrected chi connectivity index (χ0v) is 15.7. The third kappa shape index (κ3) is 3.84. The second kappa shape index (κ2) is 6.56. The van der Waals surface area contributed by atoms with Crippen LogP contribution in [-0.4, -0.2) is 0 Å². The van der Waals surface area contributed by atoms with Crippen molar-refractivity contribution in [3.63, 3.8) is 0 Å². The molecule has 0 saturated carbocycles. The number of rotatable bonds is 3. The average molecular weight is 528 g/mol. The Morgan fingerprint density at radius 2 is 1.61 bits per heavy atom. The molecule has 2 rings (SSSR count). The third-order valence-electron chi connectivity index (χ3n) is 2.67. The van der Waals surface area contributed by atoms with Crippen molar-refractivity contribution >= 4 is 66.8 Å². The van der Waals surface area contributed by atoms with Crippen molar-refractivity contribution in [1.82, 2.24) is 0 Å². The van der Waals surface area contributed by atoms with Gasteiger partial charge in [-0.2, -0.15) is 0 Å². The maximum absolute atomic E-state index is 3.59. The van der Waals surface area contributed by atoms with Crippen LogP contribution in [0.1, 0.15) is 18.5 Å². The standard InChI is InChI=1S/C14H12BrI2N/c1-9(10-2-4-11(16)5-3-10)18-14-7-6-12(17)8-13(14)15/h2-9,18H,1H3. The lowest BCUT2D eigenvalue weighted by molar-refractivity contribution is 0.883. The topological polar surface area (TPSA) is 12.0 Å². The van der Waals surface area contributed by atoms with Crippen LogP contribution >= 0.6 is 61.1 Å². The van der Waals surface area contributed by atoms with E-state index >= 15 is 0 Å². The van der Waals surface area contributed by atoms with Crippen LogP contribution in [0, 0.1) is 7.14 Å².